The Hall–Kier alpha value is -1.29. The van der Waals surface area contributed by atoms with Crippen LogP contribution in [0.4, 0.5) is 0 Å². The number of carbonyl (C=O) groups is 2. The van der Waals surface area contributed by atoms with Crippen LogP contribution in [-0.4, -0.2) is 21.8 Å². The minimum atomic E-state index is -2.03. The van der Waals surface area contributed by atoms with Gasteiger partial charge in [0.1, 0.15) is 0 Å². The molecule has 0 unspecified atom stereocenters. The molecule has 6 nitrogen and oxygen atoms in total. The molecule has 0 radical (unpaired) electrons. The van der Waals surface area contributed by atoms with Crippen LogP contribution >= 0.6 is 0 Å². The van der Waals surface area contributed by atoms with Gasteiger partial charge in [0.05, 0.1) is 11.5 Å². The Morgan fingerprint density at radius 1 is 0.824 bits per heavy atom. The third kappa shape index (κ3) is 52.8. The minimum absolute atomic E-state index is 0.0625. The van der Waals surface area contributed by atoms with E-state index in [1.807, 2.05) is 0 Å². The summed E-state index contributed by atoms with van der Waals surface area (Å²) >= 11 is -2.03. The van der Waals surface area contributed by atoms with E-state index in [2.05, 4.69) is 0 Å². The first-order valence-corrected chi connectivity index (χ1v) is 5.98. The van der Waals surface area contributed by atoms with E-state index in [-0.39, 0.29) is 23.1 Å². The molecule has 0 aliphatic carbocycles. The molecule has 0 spiro atoms. The first-order valence-electron chi connectivity index (χ1n) is 4.34. The standard InChI is InChI=1S/2C5H8O2.Mo.2O/c2*1-4(6)3-5(2)7;;;/h2*3,6H,1-2H3;;;/b2*4-3+;;;. The van der Waals surface area contributed by atoms with Crippen molar-refractivity contribution in [1.82, 2.24) is 0 Å². The maximum absolute atomic E-state index is 10.0. The van der Waals surface area contributed by atoms with E-state index in [0.717, 1.165) is 0 Å². The van der Waals surface area contributed by atoms with E-state index in [0.29, 0.717) is 0 Å². The molecule has 0 atom stereocenters. The summed E-state index contributed by atoms with van der Waals surface area (Å²) < 4.78 is 17.0. The van der Waals surface area contributed by atoms with Crippen LogP contribution in [0.5, 0.6) is 0 Å². The van der Waals surface area contributed by atoms with Crippen molar-refractivity contribution in [2.75, 3.05) is 0 Å². The molecule has 98 valence electrons. The molecule has 0 aromatic rings. The number of ketones is 2. The number of aliphatic hydroxyl groups is 2. The van der Waals surface area contributed by atoms with Gasteiger partial charge in [-0.15, -0.1) is 0 Å². The quantitative estimate of drug-likeness (QED) is 0.455. The molecule has 0 bridgehead atoms. The fourth-order valence-corrected chi connectivity index (χ4v) is 0.588. The van der Waals surface area contributed by atoms with Crippen LogP contribution in [0.15, 0.2) is 23.7 Å². The molecule has 0 aliphatic rings. The van der Waals surface area contributed by atoms with E-state index in [1.54, 1.807) is 0 Å². The predicted octanol–water partition coefficient (Wildman–Crippen LogP) is 1.83. The predicted molar refractivity (Wildman–Crippen MR) is 55.5 cm³/mol. The van der Waals surface area contributed by atoms with Gasteiger partial charge in [-0.25, -0.2) is 0 Å². The number of aliphatic hydroxyl groups excluding tert-OH is 2. The van der Waals surface area contributed by atoms with E-state index < -0.39 is 18.5 Å². The molecule has 0 amide bonds. The molecule has 0 saturated heterocycles. The first kappa shape index (κ1) is 21.0. The Labute approximate surface area is 108 Å². The van der Waals surface area contributed by atoms with Crippen LogP contribution in [0, 0.1) is 0 Å². The first-order chi connectivity index (χ1) is 7.67. The summed E-state index contributed by atoms with van der Waals surface area (Å²) in [5.41, 5.74) is 0. The normalized spacial score (nSPS) is 10.1. The van der Waals surface area contributed by atoms with Gasteiger partial charge in [0.2, 0.25) is 0 Å². The van der Waals surface area contributed by atoms with Gasteiger partial charge in [0.15, 0.2) is 11.6 Å². The molecule has 2 N–H and O–H groups in total. The number of carbonyl (C=O) groups excluding carboxylic acids is 2. The van der Waals surface area contributed by atoms with Crippen LogP contribution in [0.3, 0.4) is 0 Å². The van der Waals surface area contributed by atoms with Gasteiger partial charge in [0, 0.05) is 12.2 Å². The van der Waals surface area contributed by atoms with Crippen molar-refractivity contribution in [3.8, 4) is 0 Å². The van der Waals surface area contributed by atoms with Crippen LogP contribution < -0.4 is 0 Å². The van der Waals surface area contributed by atoms with E-state index >= 15 is 0 Å². The van der Waals surface area contributed by atoms with Crippen LogP contribution in [-0.2, 0) is 34.9 Å². The Morgan fingerprint density at radius 3 is 1.00 bits per heavy atom. The van der Waals surface area contributed by atoms with Crippen molar-refractivity contribution in [2.24, 2.45) is 0 Å². The van der Waals surface area contributed by atoms with Gasteiger partial charge < -0.3 is 10.2 Å². The molecule has 0 heterocycles. The summed E-state index contributed by atoms with van der Waals surface area (Å²) in [5, 5.41) is 16.7. The van der Waals surface area contributed by atoms with Crippen LogP contribution in [0.1, 0.15) is 27.7 Å². The molecule has 0 aromatic carbocycles. The molecular weight excluding hydrogens is 312 g/mol. The Bertz CT molecular complexity index is 301. The zero-order chi connectivity index (χ0) is 14.4. The molecule has 0 saturated carbocycles. The number of hydrogen-bond donors (Lipinski definition) is 2. The van der Waals surface area contributed by atoms with Gasteiger partial charge in [-0.2, -0.15) is 0 Å². The fraction of sp³-hybridized carbons (Fsp3) is 0.400. The molecule has 0 fully saturated rings. The third-order valence-corrected chi connectivity index (χ3v) is 0.824. The summed E-state index contributed by atoms with van der Waals surface area (Å²) in [6.07, 6.45) is 2.33. The zero-order valence-corrected chi connectivity index (χ0v) is 12.1. The SMILES string of the molecule is CC(=O)/C=C(\C)O.CC(=O)/C=C(\C)O.[O]=[Mo]=[O]. The van der Waals surface area contributed by atoms with Crippen molar-refractivity contribution in [3.05, 3.63) is 23.7 Å². The number of rotatable bonds is 2. The van der Waals surface area contributed by atoms with Crippen LogP contribution in [0.2, 0.25) is 0 Å². The summed E-state index contributed by atoms with van der Waals surface area (Å²) in [7, 11) is 0. The van der Waals surface area contributed by atoms with Gasteiger partial charge in [-0.1, -0.05) is 0 Å². The van der Waals surface area contributed by atoms with Crippen molar-refractivity contribution in [3.63, 3.8) is 0 Å². The average molecular weight is 328 g/mol. The third-order valence-electron chi connectivity index (χ3n) is 0.824. The van der Waals surface area contributed by atoms with Crippen molar-refractivity contribution in [2.45, 2.75) is 27.7 Å². The number of hydrogen-bond acceptors (Lipinski definition) is 6. The van der Waals surface area contributed by atoms with Gasteiger partial charge in [0.25, 0.3) is 0 Å². The molecule has 17 heavy (non-hydrogen) atoms. The van der Waals surface area contributed by atoms with Crippen molar-refractivity contribution >= 4 is 11.6 Å². The number of allylic oxidation sites excluding steroid dienone is 4. The van der Waals surface area contributed by atoms with Crippen LogP contribution in [0.25, 0.3) is 0 Å². The topological polar surface area (TPSA) is 109 Å². The summed E-state index contributed by atoms with van der Waals surface area (Å²) in [6.45, 7) is 5.70. The van der Waals surface area contributed by atoms with E-state index in [4.69, 9.17) is 17.0 Å². The second-order valence-corrected chi connectivity index (χ2v) is 3.20. The van der Waals surface area contributed by atoms with Crippen molar-refractivity contribution in [1.29, 1.82) is 0 Å². The summed E-state index contributed by atoms with van der Waals surface area (Å²) in [6, 6.07) is 0. The molecule has 0 rings (SSSR count). The summed E-state index contributed by atoms with van der Waals surface area (Å²) in [5.74, 6) is -0.125. The Kier molecular flexibility index (Phi) is 18.2. The average Bonchev–Trinajstić information content (AvgIpc) is 1.99. The van der Waals surface area contributed by atoms with E-state index in [1.165, 1.54) is 39.8 Å². The monoisotopic (exact) mass is 330 g/mol. The summed E-state index contributed by atoms with van der Waals surface area (Å²) in [4.78, 5) is 20.0. The van der Waals surface area contributed by atoms with E-state index in [9.17, 15) is 9.59 Å². The van der Waals surface area contributed by atoms with Crippen molar-refractivity contribution < 1.29 is 45.1 Å². The molecule has 7 heteroatoms. The Morgan fingerprint density at radius 2 is 1.00 bits per heavy atom. The Balaban J connectivity index is -0.000000188. The maximum atomic E-state index is 10.0. The van der Waals surface area contributed by atoms with Gasteiger partial charge in [-0.3, -0.25) is 9.59 Å². The molecular formula is C10H16MoO6. The second-order valence-electron chi connectivity index (χ2n) is 2.86. The van der Waals surface area contributed by atoms with Gasteiger partial charge >= 0.3 is 25.3 Å². The zero-order valence-electron chi connectivity index (χ0n) is 10.1. The van der Waals surface area contributed by atoms with Gasteiger partial charge in [-0.05, 0) is 27.7 Å². The molecule has 0 aromatic heterocycles. The molecule has 0 aliphatic heterocycles. The second kappa shape index (κ2) is 14.7. The fourth-order valence-electron chi connectivity index (χ4n) is 0.588.